The molecule has 7 heteroatoms. The van der Waals surface area contributed by atoms with Gasteiger partial charge in [0.1, 0.15) is 0 Å². The highest BCUT2D eigenvalue weighted by molar-refractivity contribution is 7.96. The van der Waals surface area contributed by atoms with E-state index < -0.39 is 31.0 Å². The molecule has 0 saturated carbocycles. The summed E-state index contributed by atoms with van der Waals surface area (Å²) in [7, 11) is -7.01. The summed E-state index contributed by atoms with van der Waals surface area (Å²) in [5.41, 5.74) is 1.05. The van der Waals surface area contributed by atoms with E-state index in [0.717, 1.165) is 12.0 Å². The SMILES string of the molecule is CCc1ccc(S(=O)(=O)[C@H]2CS(=O)(=O)C[C@@H]2NCC(C)C)cc1. The van der Waals surface area contributed by atoms with Crippen LogP contribution in [0.15, 0.2) is 29.2 Å². The van der Waals surface area contributed by atoms with Crippen molar-refractivity contribution < 1.29 is 16.8 Å². The number of nitrogens with one attached hydrogen (secondary N) is 1. The highest BCUT2D eigenvalue weighted by Gasteiger charge is 2.45. The van der Waals surface area contributed by atoms with E-state index in [9.17, 15) is 16.8 Å². The molecule has 5 nitrogen and oxygen atoms in total. The molecule has 1 aromatic carbocycles. The Labute approximate surface area is 139 Å². The van der Waals surface area contributed by atoms with Gasteiger partial charge in [-0.25, -0.2) is 16.8 Å². The van der Waals surface area contributed by atoms with Gasteiger partial charge in [0, 0.05) is 6.04 Å². The fourth-order valence-corrected chi connectivity index (χ4v) is 7.50. The highest BCUT2D eigenvalue weighted by atomic mass is 32.2. The number of rotatable bonds is 6. The van der Waals surface area contributed by atoms with Crippen LogP contribution in [-0.2, 0) is 26.1 Å². The predicted octanol–water partition coefficient (Wildman–Crippen LogP) is 1.43. The summed E-state index contributed by atoms with van der Waals surface area (Å²) in [4.78, 5) is 0.202. The lowest BCUT2D eigenvalue weighted by atomic mass is 10.2. The average Bonchev–Trinajstić information content (AvgIpc) is 2.81. The number of sulfone groups is 2. The lowest BCUT2D eigenvalue weighted by Crippen LogP contribution is -2.44. The molecule has 1 aliphatic rings. The minimum atomic E-state index is -3.67. The summed E-state index contributed by atoms with van der Waals surface area (Å²) >= 11 is 0. The zero-order valence-corrected chi connectivity index (χ0v) is 15.5. The summed E-state index contributed by atoms with van der Waals surface area (Å²) in [6, 6.07) is 6.19. The number of aryl methyl sites for hydroxylation is 1. The number of benzene rings is 1. The molecule has 1 aliphatic heterocycles. The summed E-state index contributed by atoms with van der Waals surface area (Å²) in [5.74, 6) is -0.0948. The molecule has 1 heterocycles. The zero-order valence-electron chi connectivity index (χ0n) is 13.8. The molecule has 1 aromatic rings. The van der Waals surface area contributed by atoms with Crippen LogP contribution in [0.1, 0.15) is 26.3 Å². The van der Waals surface area contributed by atoms with E-state index in [2.05, 4.69) is 5.32 Å². The van der Waals surface area contributed by atoms with E-state index >= 15 is 0 Å². The predicted molar refractivity (Wildman–Crippen MR) is 92.1 cm³/mol. The summed E-state index contributed by atoms with van der Waals surface area (Å²) in [6.07, 6.45) is 0.830. The van der Waals surface area contributed by atoms with Crippen molar-refractivity contribution >= 4 is 19.7 Å². The van der Waals surface area contributed by atoms with E-state index in [1.54, 1.807) is 24.3 Å². The fraction of sp³-hybridized carbons (Fsp3) is 0.625. The molecule has 0 spiro atoms. The van der Waals surface area contributed by atoms with E-state index in [1.807, 2.05) is 20.8 Å². The third kappa shape index (κ3) is 4.33. The molecule has 0 unspecified atom stereocenters. The first-order valence-electron chi connectivity index (χ1n) is 7.92. The average molecular weight is 360 g/mol. The fourth-order valence-electron chi connectivity index (χ4n) is 2.79. The van der Waals surface area contributed by atoms with Gasteiger partial charge in [-0.1, -0.05) is 32.9 Å². The Balaban J connectivity index is 2.30. The lowest BCUT2D eigenvalue weighted by Gasteiger charge is -2.21. The molecule has 1 fully saturated rings. The van der Waals surface area contributed by atoms with E-state index in [0.29, 0.717) is 12.5 Å². The molecule has 1 N–H and O–H groups in total. The molecule has 0 aliphatic carbocycles. The van der Waals surface area contributed by atoms with Crippen molar-refractivity contribution in [3.8, 4) is 0 Å². The van der Waals surface area contributed by atoms with Crippen molar-refractivity contribution in [3.05, 3.63) is 29.8 Å². The van der Waals surface area contributed by atoms with Gasteiger partial charge in [0.2, 0.25) is 0 Å². The largest absolute Gasteiger partial charge is 0.311 e. The first kappa shape index (κ1) is 18.4. The molecule has 2 rings (SSSR count). The topological polar surface area (TPSA) is 80.3 Å². The Morgan fingerprint density at radius 1 is 1.17 bits per heavy atom. The Bertz CT molecular complexity index is 737. The Morgan fingerprint density at radius 2 is 1.78 bits per heavy atom. The third-order valence-corrected chi connectivity index (χ3v) is 8.31. The van der Waals surface area contributed by atoms with E-state index in [1.165, 1.54) is 0 Å². The van der Waals surface area contributed by atoms with Crippen molar-refractivity contribution in [2.45, 2.75) is 43.4 Å². The number of hydrogen-bond acceptors (Lipinski definition) is 5. The van der Waals surface area contributed by atoms with Gasteiger partial charge in [-0.05, 0) is 36.6 Å². The molecule has 0 bridgehead atoms. The minimum absolute atomic E-state index is 0.114. The first-order valence-corrected chi connectivity index (χ1v) is 11.3. The molecule has 0 amide bonds. The van der Waals surface area contributed by atoms with Crippen LogP contribution in [0.3, 0.4) is 0 Å². The van der Waals surface area contributed by atoms with Gasteiger partial charge in [-0.3, -0.25) is 0 Å². The van der Waals surface area contributed by atoms with Crippen molar-refractivity contribution in [1.29, 1.82) is 0 Å². The maximum Gasteiger partial charge on any atom is 0.183 e. The van der Waals surface area contributed by atoms with Crippen molar-refractivity contribution in [1.82, 2.24) is 5.32 Å². The molecule has 0 aromatic heterocycles. The van der Waals surface area contributed by atoms with E-state index in [4.69, 9.17) is 0 Å². The Kier molecular flexibility index (Phi) is 5.53. The highest BCUT2D eigenvalue weighted by Crippen LogP contribution is 2.26. The smallest absolute Gasteiger partial charge is 0.183 e. The maximum absolute atomic E-state index is 12.9. The second-order valence-corrected chi connectivity index (χ2v) is 10.9. The third-order valence-electron chi connectivity index (χ3n) is 4.15. The quantitative estimate of drug-likeness (QED) is 0.831. The van der Waals surface area contributed by atoms with Crippen molar-refractivity contribution in [2.75, 3.05) is 18.1 Å². The van der Waals surface area contributed by atoms with Crippen LogP contribution in [0, 0.1) is 5.92 Å². The van der Waals surface area contributed by atoms with E-state index in [-0.39, 0.29) is 16.4 Å². The minimum Gasteiger partial charge on any atom is -0.311 e. The summed E-state index contributed by atoms with van der Waals surface area (Å²) < 4.78 is 49.7. The summed E-state index contributed by atoms with van der Waals surface area (Å²) in [6.45, 7) is 6.60. The van der Waals surface area contributed by atoms with Gasteiger partial charge < -0.3 is 5.32 Å². The molecular weight excluding hydrogens is 334 g/mol. The lowest BCUT2D eigenvalue weighted by molar-refractivity contribution is 0.480. The van der Waals surface area contributed by atoms with Crippen LogP contribution in [0.5, 0.6) is 0 Å². The van der Waals surface area contributed by atoms with Crippen LogP contribution in [0.4, 0.5) is 0 Å². The first-order chi connectivity index (χ1) is 10.7. The molecule has 2 atom stereocenters. The van der Waals surface area contributed by atoms with Crippen LogP contribution in [0.25, 0.3) is 0 Å². The van der Waals surface area contributed by atoms with Crippen LogP contribution >= 0.6 is 0 Å². The second kappa shape index (κ2) is 6.91. The molecule has 0 radical (unpaired) electrons. The van der Waals surface area contributed by atoms with Gasteiger partial charge in [0.05, 0.1) is 21.7 Å². The summed E-state index contributed by atoms with van der Waals surface area (Å²) in [5, 5.41) is 2.21. The number of hydrogen-bond donors (Lipinski definition) is 1. The van der Waals surface area contributed by atoms with Crippen LogP contribution in [0.2, 0.25) is 0 Å². The molecule has 23 heavy (non-hydrogen) atoms. The van der Waals surface area contributed by atoms with Crippen LogP contribution in [-0.4, -0.2) is 46.2 Å². The van der Waals surface area contributed by atoms with Gasteiger partial charge in [0.25, 0.3) is 0 Å². The second-order valence-electron chi connectivity index (χ2n) is 6.57. The zero-order chi connectivity index (χ0) is 17.3. The standard InChI is InChI=1S/C16H25NO4S2/c1-4-13-5-7-14(8-6-13)23(20,21)16-11-22(18,19)10-15(16)17-9-12(2)3/h5-8,12,15-17H,4,9-11H2,1-3H3/t15-,16-/m0/s1. The van der Waals surface area contributed by atoms with Gasteiger partial charge in [0.15, 0.2) is 19.7 Å². The Hall–Kier alpha value is -0.920. The normalized spacial score (nSPS) is 24.2. The maximum atomic E-state index is 12.9. The molecule has 1 saturated heterocycles. The van der Waals surface area contributed by atoms with Gasteiger partial charge >= 0.3 is 0 Å². The Morgan fingerprint density at radius 3 is 2.30 bits per heavy atom. The van der Waals surface area contributed by atoms with Crippen molar-refractivity contribution in [3.63, 3.8) is 0 Å². The van der Waals surface area contributed by atoms with Crippen LogP contribution < -0.4 is 5.32 Å². The monoisotopic (exact) mass is 359 g/mol. The molecule has 130 valence electrons. The van der Waals surface area contributed by atoms with Gasteiger partial charge in [-0.15, -0.1) is 0 Å². The molecular formula is C16H25NO4S2. The van der Waals surface area contributed by atoms with Gasteiger partial charge in [-0.2, -0.15) is 0 Å². The van der Waals surface area contributed by atoms with Crippen molar-refractivity contribution in [2.24, 2.45) is 5.92 Å².